The highest BCUT2D eigenvalue weighted by atomic mass is 35.5. The molecule has 0 spiro atoms. The van der Waals surface area contributed by atoms with Crippen LogP contribution in [-0.4, -0.2) is 22.5 Å². The van der Waals surface area contributed by atoms with Crippen molar-refractivity contribution in [1.82, 2.24) is 4.57 Å². The maximum atomic E-state index is 12.4. The van der Waals surface area contributed by atoms with Gasteiger partial charge in [-0.25, -0.2) is 0 Å². The zero-order chi connectivity index (χ0) is 18.7. The third kappa shape index (κ3) is 3.97. The Morgan fingerprint density at radius 2 is 2.08 bits per heavy atom. The summed E-state index contributed by atoms with van der Waals surface area (Å²) in [7, 11) is 1.47. The molecule has 0 saturated carbocycles. The lowest BCUT2D eigenvalue weighted by Gasteiger charge is -2.16. The van der Waals surface area contributed by atoms with E-state index in [1.807, 2.05) is 0 Å². The summed E-state index contributed by atoms with van der Waals surface area (Å²) in [4.78, 5) is 35.0. The zero-order valence-corrected chi connectivity index (χ0v) is 14.5. The van der Waals surface area contributed by atoms with Gasteiger partial charge in [0.15, 0.2) is 0 Å². The number of methoxy groups -OCH3 is 1. The van der Waals surface area contributed by atoms with Gasteiger partial charge in [0, 0.05) is 17.3 Å². The van der Waals surface area contributed by atoms with Crippen molar-refractivity contribution in [3.05, 3.63) is 61.5 Å². The first-order valence-electron chi connectivity index (χ1n) is 7.26. The van der Waals surface area contributed by atoms with Crippen molar-refractivity contribution in [3.8, 4) is 5.75 Å². The summed E-state index contributed by atoms with van der Waals surface area (Å²) in [5, 5.41) is 13.9. The minimum absolute atomic E-state index is 0.182. The van der Waals surface area contributed by atoms with Crippen LogP contribution in [0, 0.1) is 17.0 Å². The fraction of sp³-hybridized carbons (Fsp3) is 0.250. The molecule has 1 N–H and O–H groups in total. The van der Waals surface area contributed by atoms with E-state index in [-0.39, 0.29) is 11.3 Å². The summed E-state index contributed by atoms with van der Waals surface area (Å²) < 4.78 is 6.07. The second-order valence-corrected chi connectivity index (χ2v) is 5.77. The van der Waals surface area contributed by atoms with Crippen molar-refractivity contribution in [3.63, 3.8) is 0 Å². The number of hydrogen-bond donors (Lipinski definition) is 1. The van der Waals surface area contributed by atoms with E-state index in [1.165, 1.54) is 33.1 Å². The topological polar surface area (TPSA) is 103 Å². The molecule has 0 bridgehead atoms. The van der Waals surface area contributed by atoms with Crippen molar-refractivity contribution in [2.24, 2.45) is 0 Å². The summed E-state index contributed by atoms with van der Waals surface area (Å²) >= 11 is 6.00. The fourth-order valence-corrected chi connectivity index (χ4v) is 2.49. The van der Waals surface area contributed by atoms with E-state index in [1.54, 1.807) is 12.1 Å². The minimum Gasteiger partial charge on any atom is -0.495 e. The Balaban J connectivity index is 2.30. The summed E-state index contributed by atoms with van der Waals surface area (Å²) in [5.74, 6) is -0.0542. The number of rotatable bonds is 5. The lowest BCUT2D eigenvalue weighted by molar-refractivity contribution is -0.385. The second-order valence-electron chi connectivity index (χ2n) is 5.37. The van der Waals surface area contributed by atoms with Crippen LogP contribution in [0.15, 0.2) is 35.3 Å². The van der Waals surface area contributed by atoms with Gasteiger partial charge in [0.1, 0.15) is 11.8 Å². The van der Waals surface area contributed by atoms with E-state index in [4.69, 9.17) is 16.3 Å². The van der Waals surface area contributed by atoms with E-state index in [9.17, 15) is 19.7 Å². The smallest absolute Gasteiger partial charge is 0.286 e. The van der Waals surface area contributed by atoms with Gasteiger partial charge in [-0.15, -0.1) is 0 Å². The number of nitro groups is 1. The van der Waals surface area contributed by atoms with Gasteiger partial charge in [-0.2, -0.15) is 0 Å². The van der Waals surface area contributed by atoms with E-state index >= 15 is 0 Å². The first-order valence-corrected chi connectivity index (χ1v) is 7.64. The molecule has 8 nitrogen and oxygen atoms in total. The zero-order valence-electron chi connectivity index (χ0n) is 13.8. The number of aryl methyl sites for hydroxylation is 1. The summed E-state index contributed by atoms with van der Waals surface area (Å²) in [6, 6.07) is 4.91. The molecular formula is C16H16ClN3O5. The number of halogens is 1. The van der Waals surface area contributed by atoms with Crippen LogP contribution >= 0.6 is 11.6 Å². The molecule has 0 aliphatic rings. The molecule has 2 rings (SSSR count). The van der Waals surface area contributed by atoms with E-state index in [0.29, 0.717) is 16.5 Å². The highest BCUT2D eigenvalue weighted by Crippen LogP contribution is 2.27. The molecule has 132 valence electrons. The molecule has 0 saturated heterocycles. The van der Waals surface area contributed by atoms with Crippen LogP contribution in [0.3, 0.4) is 0 Å². The molecule has 0 aliphatic heterocycles. The van der Waals surface area contributed by atoms with Gasteiger partial charge in [-0.1, -0.05) is 11.6 Å². The Kier molecular flexibility index (Phi) is 5.43. The van der Waals surface area contributed by atoms with E-state index < -0.39 is 22.4 Å². The number of nitrogens with one attached hydrogen (secondary N) is 1. The maximum Gasteiger partial charge on any atom is 0.286 e. The van der Waals surface area contributed by atoms with Crippen LogP contribution < -0.4 is 15.6 Å². The van der Waals surface area contributed by atoms with Crippen LogP contribution in [0.25, 0.3) is 0 Å². The molecule has 0 aliphatic carbocycles. The summed E-state index contributed by atoms with van der Waals surface area (Å²) in [6.07, 6.45) is 1.06. The molecule has 1 amide bonds. The number of anilines is 1. The van der Waals surface area contributed by atoms with Crippen LogP contribution in [0.5, 0.6) is 5.75 Å². The van der Waals surface area contributed by atoms with Crippen molar-refractivity contribution in [2.75, 3.05) is 12.4 Å². The molecule has 1 unspecified atom stereocenters. The number of nitrogens with zero attached hydrogens (tertiary/aromatic N) is 2. The third-order valence-electron chi connectivity index (χ3n) is 3.63. The molecule has 1 atom stereocenters. The quantitative estimate of drug-likeness (QED) is 0.648. The Bertz CT molecular complexity index is 894. The summed E-state index contributed by atoms with van der Waals surface area (Å²) in [6.45, 7) is 2.94. The first kappa shape index (κ1) is 18.5. The van der Waals surface area contributed by atoms with Crippen molar-refractivity contribution in [2.45, 2.75) is 19.9 Å². The Hall–Kier alpha value is -2.87. The number of benzene rings is 1. The fourth-order valence-electron chi connectivity index (χ4n) is 2.23. The van der Waals surface area contributed by atoms with Gasteiger partial charge in [0.05, 0.1) is 23.3 Å². The van der Waals surface area contributed by atoms with Gasteiger partial charge >= 0.3 is 0 Å². The Morgan fingerprint density at radius 3 is 2.64 bits per heavy atom. The number of ether oxygens (including phenoxy) is 1. The molecule has 0 fully saturated rings. The largest absolute Gasteiger partial charge is 0.495 e. The van der Waals surface area contributed by atoms with Crippen molar-refractivity contribution in [1.29, 1.82) is 0 Å². The van der Waals surface area contributed by atoms with Crippen LogP contribution in [0.4, 0.5) is 11.4 Å². The number of aromatic nitrogens is 1. The van der Waals surface area contributed by atoms with Gasteiger partial charge in [0.25, 0.3) is 11.2 Å². The Morgan fingerprint density at radius 1 is 1.40 bits per heavy atom. The second kappa shape index (κ2) is 7.35. The van der Waals surface area contributed by atoms with E-state index in [2.05, 4.69) is 5.32 Å². The highest BCUT2D eigenvalue weighted by molar-refractivity contribution is 6.32. The number of amides is 1. The van der Waals surface area contributed by atoms with Gasteiger partial charge in [0.2, 0.25) is 5.91 Å². The van der Waals surface area contributed by atoms with Crippen molar-refractivity contribution < 1.29 is 14.5 Å². The Labute approximate surface area is 148 Å². The third-order valence-corrected chi connectivity index (χ3v) is 3.93. The van der Waals surface area contributed by atoms with Gasteiger partial charge < -0.3 is 10.1 Å². The standard InChI is InChI=1S/C16H16ClN3O5/c1-9-6-12(20(23)24)8-19(16(9)22)10(2)15(21)18-11-4-5-14(25-3)13(17)7-11/h4-8,10H,1-3H3,(H,18,21). The SMILES string of the molecule is COc1ccc(NC(=O)C(C)n2cc([N+](=O)[O-])cc(C)c2=O)cc1Cl. The first-order chi connectivity index (χ1) is 11.7. The molecule has 0 radical (unpaired) electrons. The molecule has 2 aromatic rings. The van der Waals surface area contributed by atoms with Crippen LogP contribution in [-0.2, 0) is 4.79 Å². The molecule has 1 heterocycles. The van der Waals surface area contributed by atoms with Crippen LogP contribution in [0.2, 0.25) is 5.02 Å². The lowest BCUT2D eigenvalue weighted by Crippen LogP contribution is -2.32. The van der Waals surface area contributed by atoms with Gasteiger partial charge in [-0.05, 0) is 32.0 Å². The van der Waals surface area contributed by atoms with E-state index in [0.717, 1.165) is 10.8 Å². The number of hydrogen-bond acceptors (Lipinski definition) is 5. The molecule has 1 aromatic carbocycles. The molecule has 1 aromatic heterocycles. The average molecular weight is 366 g/mol. The predicted octanol–water partition coefficient (Wildman–Crippen LogP) is 2.93. The van der Waals surface area contributed by atoms with Crippen molar-refractivity contribution >= 4 is 28.9 Å². The predicted molar refractivity (Wildman–Crippen MR) is 93.4 cm³/mol. The van der Waals surface area contributed by atoms with Gasteiger partial charge in [-0.3, -0.25) is 24.3 Å². The average Bonchev–Trinajstić information content (AvgIpc) is 2.56. The normalized spacial score (nSPS) is 11.7. The highest BCUT2D eigenvalue weighted by Gasteiger charge is 2.20. The lowest BCUT2D eigenvalue weighted by atomic mass is 10.2. The molecule has 25 heavy (non-hydrogen) atoms. The molecule has 9 heteroatoms. The minimum atomic E-state index is -0.952. The van der Waals surface area contributed by atoms with Crippen LogP contribution in [0.1, 0.15) is 18.5 Å². The number of pyridine rings is 1. The molecular weight excluding hydrogens is 350 g/mol. The maximum absolute atomic E-state index is 12.4. The number of carbonyl (C=O) groups excluding carboxylic acids is 1. The summed E-state index contributed by atoms with van der Waals surface area (Å²) in [5.41, 5.74) is -0.135. The monoisotopic (exact) mass is 365 g/mol. The number of carbonyl (C=O) groups is 1.